The van der Waals surface area contributed by atoms with E-state index in [1.165, 1.54) is 26.4 Å². The summed E-state index contributed by atoms with van der Waals surface area (Å²) in [7, 11) is 2.80. The second kappa shape index (κ2) is 10.3. The van der Waals surface area contributed by atoms with E-state index in [-0.39, 0.29) is 65.9 Å². The predicted molar refractivity (Wildman–Crippen MR) is 148 cm³/mol. The van der Waals surface area contributed by atoms with Gasteiger partial charge in [0.2, 0.25) is 0 Å². The van der Waals surface area contributed by atoms with Gasteiger partial charge in [-0.15, -0.1) is 0 Å². The Labute approximate surface area is 239 Å². The number of allylic oxidation sites excluding steroid dienone is 4. The van der Waals surface area contributed by atoms with Gasteiger partial charge in [-0.2, -0.15) is 0 Å². The number of nitrogens with zero attached hydrogens (tertiary/aromatic N) is 1. The molecule has 10 nitrogen and oxygen atoms in total. The molecule has 0 bridgehead atoms. The molecule has 1 aromatic carbocycles. The van der Waals surface area contributed by atoms with E-state index < -0.39 is 39.8 Å². The number of nitro benzene ring substituents is 1. The van der Waals surface area contributed by atoms with Crippen LogP contribution in [0.15, 0.2) is 35.9 Å². The highest BCUT2D eigenvalue weighted by molar-refractivity contribution is 6.01. The third-order valence-corrected chi connectivity index (χ3v) is 10.7. The molecule has 4 aliphatic rings. The molecule has 3 fully saturated rings. The largest absolute Gasteiger partial charge is 0.493 e. The second-order valence-electron chi connectivity index (χ2n) is 12.6. The highest BCUT2D eigenvalue weighted by atomic mass is 16.6. The zero-order chi connectivity index (χ0) is 29.9. The van der Waals surface area contributed by atoms with E-state index in [1.807, 2.05) is 13.0 Å². The molecule has 0 radical (unpaired) electrons. The summed E-state index contributed by atoms with van der Waals surface area (Å²) in [4.78, 5) is 36.9. The topological polar surface area (TPSA) is 145 Å². The molecule has 4 aliphatic carbocycles. The zero-order valence-corrected chi connectivity index (χ0v) is 24.2. The number of benzene rings is 1. The lowest BCUT2D eigenvalue weighted by atomic mass is 9.45. The number of hydrogen-bond acceptors (Lipinski definition) is 9. The average Bonchev–Trinajstić information content (AvgIpc) is 3.19. The number of ether oxygens (including phenoxy) is 3. The summed E-state index contributed by atoms with van der Waals surface area (Å²) in [6.07, 6.45) is 6.40. The van der Waals surface area contributed by atoms with E-state index in [2.05, 4.69) is 13.8 Å². The lowest BCUT2D eigenvalue weighted by Gasteiger charge is -2.60. The molecule has 0 aromatic heterocycles. The average molecular weight is 570 g/mol. The summed E-state index contributed by atoms with van der Waals surface area (Å²) in [5.41, 5.74) is -1.99. The van der Waals surface area contributed by atoms with Crippen molar-refractivity contribution in [2.24, 2.45) is 34.5 Å². The molecule has 0 amide bonds. The lowest BCUT2D eigenvalue weighted by Crippen LogP contribution is -2.62. The Hall–Kier alpha value is -3.08. The first-order valence-corrected chi connectivity index (χ1v) is 14.2. The third-order valence-electron chi connectivity index (χ3n) is 10.7. The van der Waals surface area contributed by atoms with Crippen molar-refractivity contribution in [2.75, 3.05) is 20.8 Å². The third kappa shape index (κ3) is 4.42. The molecule has 1 aromatic rings. The molecule has 0 saturated heterocycles. The van der Waals surface area contributed by atoms with Crippen LogP contribution >= 0.6 is 0 Å². The molecule has 8 atom stereocenters. The Morgan fingerprint density at radius 1 is 1.20 bits per heavy atom. The first kappa shape index (κ1) is 29.4. The number of Topliss-reactive ketones (excluding diaryl/α,β-unsaturated/α-hetero) is 1. The number of carbonyl (C=O) groups excluding carboxylic acids is 2. The molecule has 0 heterocycles. The van der Waals surface area contributed by atoms with E-state index in [9.17, 15) is 29.9 Å². The van der Waals surface area contributed by atoms with Gasteiger partial charge in [0.05, 0.1) is 43.5 Å². The molecule has 0 aliphatic heterocycles. The number of rotatable bonds is 8. The Morgan fingerprint density at radius 2 is 1.88 bits per heavy atom. The van der Waals surface area contributed by atoms with Gasteiger partial charge >= 0.3 is 0 Å². The molecule has 10 heteroatoms. The zero-order valence-electron chi connectivity index (χ0n) is 24.2. The molecule has 0 spiro atoms. The van der Waals surface area contributed by atoms with Crippen molar-refractivity contribution in [1.29, 1.82) is 0 Å². The van der Waals surface area contributed by atoms with Crippen LogP contribution in [-0.2, 0) is 20.9 Å². The van der Waals surface area contributed by atoms with Crippen LogP contribution in [0.25, 0.3) is 0 Å². The SMILES string of the molecule is COc1cc(COCC(=O)[C@@]2(O)CC[C@H]3[C@@H]4CC(C)C5=CC(=O)C=C[C@]5(C)[C@H]4C(O)C[C@@]32C)c([N+](=O)[O-])cc1OC. The van der Waals surface area contributed by atoms with Gasteiger partial charge in [0.25, 0.3) is 5.69 Å². The minimum absolute atomic E-state index is 0.00337. The standard InChI is InChI=1S/C31H39NO9/c1-17-10-20-21-7-9-31(36,30(21,3)14-24(34)28(20)29(2)8-6-19(33)12-22(17)29)27(35)16-41-15-18-11-25(39-4)26(40-5)13-23(18)32(37)38/h6,8,11-13,17,20-21,24,28,34,36H,7,9-10,14-16H2,1-5H3/t17?,20-,21-,24?,28+,29-,30-,31-/m0/s1. The summed E-state index contributed by atoms with van der Waals surface area (Å²) < 4.78 is 16.1. The van der Waals surface area contributed by atoms with E-state index in [4.69, 9.17) is 14.2 Å². The molecule has 3 saturated carbocycles. The van der Waals surface area contributed by atoms with Crippen LogP contribution in [0, 0.1) is 44.6 Å². The fourth-order valence-corrected chi connectivity index (χ4v) is 8.78. The fraction of sp³-hybridized carbons (Fsp3) is 0.613. The number of fused-ring (bicyclic) bond motifs is 5. The van der Waals surface area contributed by atoms with Gasteiger partial charge in [0.1, 0.15) is 12.2 Å². The van der Waals surface area contributed by atoms with Gasteiger partial charge < -0.3 is 24.4 Å². The first-order valence-electron chi connectivity index (χ1n) is 14.2. The van der Waals surface area contributed by atoms with Gasteiger partial charge in [-0.05, 0) is 61.7 Å². The van der Waals surface area contributed by atoms with E-state index in [0.717, 1.165) is 12.0 Å². The number of nitro groups is 1. The fourth-order valence-electron chi connectivity index (χ4n) is 8.78. The van der Waals surface area contributed by atoms with Crippen molar-refractivity contribution in [3.05, 3.63) is 51.6 Å². The van der Waals surface area contributed by atoms with Crippen LogP contribution in [0.1, 0.15) is 52.0 Å². The lowest BCUT2D eigenvalue weighted by molar-refractivity contribution is -0.386. The summed E-state index contributed by atoms with van der Waals surface area (Å²) in [5, 5.41) is 35.2. The summed E-state index contributed by atoms with van der Waals surface area (Å²) in [6.45, 7) is 5.44. The predicted octanol–water partition coefficient (Wildman–Crippen LogP) is 3.95. The second-order valence-corrected chi connectivity index (χ2v) is 12.6. The number of aliphatic hydroxyl groups excluding tert-OH is 1. The molecule has 222 valence electrons. The number of methoxy groups -OCH3 is 2. The Balaban J connectivity index is 1.35. The van der Waals surface area contributed by atoms with Crippen LogP contribution in [0.2, 0.25) is 0 Å². The van der Waals surface area contributed by atoms with Gasteiger partial charge in [-0.1, -0.05) is 32.4 Å². The number of carbonyl (C=O) groups is 2. The van der Waals surface area contributed by atoms with Crippen molar-refractivity contribution in [2.45, 2.75) is 64.8 Å². The molecule has 41 heavy (non-hydrogen) atoms. The summed E-state index contributed by atoms with van der Waals surface area (Å²) in [6, 6.07) is 2.69. The van der Waals surface area contributed by atoms with Crippen molar-refractivity contribution in [3.8, 4) is 11.5 Å². The minimum atomic E-state index is -1.70. The highest BCUT2D eigenvalue weighted by Gasteiger charge is 2.68. The van der Waals surface area contributed by atoms with Crippen molar-refractivity contribution >= 4 is 17.3 Å². The Morgan fingerprint density at radius 3 is 2.54 bits per heavy atom. The van der Waals surface area contributed by atoms with Crippen LogP contribution in [-0.4, -0.2) is 59.2 Å². The maximum atomic E-state index is 13.6. The maximum Gasteiger partial charge on any atom is 0.278 e. The Bertz CT molecular complexity index is 1340. The minimum Gasteiger partial charge on any atom is -0.493 e. The van der Waals surface area contributed by atoms with Crippen LogP contribution in [0.3, 0.4) is 0 Å². The molecule has 5 rings (SSSR count). The number of hydrogen-bond donors (Lipinski definition) is 2. The Kier molecular flexibility index (Phi) is 7.41. The molecular formula is C31H39NO9. The van der Waals surface area contributed by atoms with Crippen LogP contribution in [0.4, 0.5) is 5.69 Å². The van der Waals surface area contributed by atoms with Crippen molar-refractivity contribution < 1.29 is 38.9 Å². The smallest absolute Gasteiger partial charge is 0.278 e. The van der Waals surface area contributed by atoms with Gasteiger partial charge in [-0.3, -0.25) is 19.7 Å². The van der Waals surface area contributed by atoms with E-state index in [0.29, 0.717) is 12.2 Å². The van der Waals surface area contributed by atoms with Crippen LogP contribution in [0.5, 0.6) is 11.5 Å². The number of aliphatic hydroxyl groups is 2. The number of ketones is 2. The van der Waals surface area contributed by atoms with E-state index >= 15 is 0 Å². The van der Waals surface area contributed by atoms with Crippen molar-refractivity contribution in [1.82, 2.24) is 0 Å². The summed E-state index contributed by atoms with van der Waals surface area (Å²) >= 11 is 0. The first-order chi connectivity index (χ1) is 19.3. The summed E-state index contributed by atoms with van der Waals surface area (Å²) in [5.74, 6) is 0.0635. The molecule has 2 unspecified atom stereocenters. The maximum absolute atomic E-state index is 13.6. The monoisotopic (exact) mass is 569 g/mol. The van der Waals surface area contributed by atoms with E-state index in [1.54, 1.807) is 12.2 Å². The van der Waals surface area contributed by atoms with Crippen LogP contribution < -0.4 is 9.47 Å². The van der Waals surface area contributed by atoms with Gasteiger partial charge in [0.15, 0.2) is 23.1 Å². The molecular weight excluding hydrogens is 530 g/mol. The normalized spacial score (nSPS) is 37.5. The van der Waals surface area contributed by atoms with Gasteiger partial charge in [-0.25, -0.2) is 0 Å². The highest BCUT2D eigenvalue weighted by Crippen LogP contribution is 2.67. The molecule has 2 N–H and O–H groups in total. The quantitative estimate of drug-likeness (QED) is 0.351. The van der Waals surface area contributed by atoms with Crippen molar-refractivity contribution in [3.63, 3.8) is 0 Å². The van der Waals surface area contributed by atoms with Gasteiger partial charge in [0, 0.05) is 16.7 Å².